The average molecular weight is 337 g/mol. The molecule has 2 N–H and O–H groups in total. The fraction of sp³-hybridized carbons (Fsp3) is 0.294. The van der Waals surface area contributed by atoms with Gasteiger partial charge in [-0.1, -0.05) is 12.1 Å². The Morgan fingerprint density at radius 1 is 1.32 bits per heavy atom. The van der Waals surface area contributed by atoms with Crippen molar-refractivity contribution in [1.82, 2.24) is 24.8 Å². The minimum absolute atomic E-state index is 0.181. The Kier molecular flexibility index (Phi) is 4.39. The second-order valence-corrected chi connectivity index (χ2v) is 5.77. The highest BCUT2D eigenvalue weighted by atomic mass is 16.2. The van der Waals surface area contributed by atoms with Crippen LogP contribution >= 0.6 is 0 Å². The van der Waals surface area contributed by atoms with Crippen molar-refractivity contribution in [3.63, 3.8) is 0 Å². The zero-order valence-electron chi connectivity index (χ0n) is 14.4. The van der Waals surface area contributed by atoms with Crippen LogP contribution < -0.4 is 10.9 Å². The van der Waals surface area contributed by atoms with Crippen molar-refractivity contribution in [2.24, 2.45) is 7.05 Å². The van der Waals surface area contributed by atoms with Crippen LogP contribution in [0, 0.1) is 25.2 Å². The molecule has 8 nitrogen and oxygen atoms in total. The van der Waals surface area contributed by atoms with Gasteiger partial charge in [-0.3, -0.25) is 20.3 Å². The van der Waals surface area contributed by atoms with Gasteiger partial charge in [-0.2, -0.15) is 10.4 Å². The van der Waals surface area contributed by atoms with Gasteiger partial charge in [-0.25, -0.2) is 4.98 Å². The second kappa shape index (κ2) is 6.65. The van der Waals surface area contributed by atoms with E-state index in [4.69, 9.17) is 0 Å². The van der Waals surface area contributed by atoms with Crippen molar-refractivity contribution in [3.8, 4) is 6.07 Å². The number of anilines is 1. The highest BCUT2D eigenvalue weighted by Gasteiger charge is 2.14. The quantitative estimate of drug-likeness (QED) is 0.691. The summed E-state index contributed by atoms with van der Waals surface area (Å²) in [6.07, 6.45) is 0.285. The molecule has 3 aromatic rings. The van der Waals surface area contributed by atoms with Gasteiger partial charge >= 0.3 is 0 Å². The van der Waals surface area contributed by atoms with E-state index in [9.17, 15) is 10.1 Å². The van der Waals surface area contributed by atoms with Crippen LogP contribution in [0.25, 0.3) is 11.0 Å². The molecule has 128 valence electrons. The predicted molar refractivity (Wildman–Crippen MR) is 93.5 cm³/mol. The van der Waals surface area contributed by atoms with Gasteiger partial charge in [0, 0.05) is 20.0 Å². The third-order valence-corrected chi connectivity index (χ3v) is 4.06. The van der Waals surface area contributed by atoms with E-state index in [0.29, 0.717) is 23.6 Å². The normalized spacial score (nSPS) is 10.6. The van der Waals surface area contributed by atoms with E-state index < -0.39 is 0 Å². The number of amides is 1. The first-order valence-corrected chi connectivity index (χ1v) is 7.91. The van der Waals surface area contributed by atoms with Crippen LogP contribution in [0.1, 0.15) is 23.5 Å². The number of hydrazine groups is 1. The standard InChI is InChI=1S/C17H19N7O/c1-11-13(10-18)17(23(3)22-11)21-20-16(25)8-9-24-12(2)19-14-6-4-5-7-15(14)24/h4-7,21H,8-9H2,1-3H3,(H,20,25). The summed E-state index contributed by atoms with van der Waals surface area (Å²) >= 11 is 0. The minimum Gasteiger partial charge on any atom is -0.328 e. The van der Waals surface area contributed by atoms with E-state index in [1.807, 2.05) is 35.8 Å². The number of para-hydroxylation sites is 2. The molecule has 0 saturated carbocycles. The molecule has 2 heterocycles. The first-order chi connectivity index (χ1) is 12.0. The van der Waals surface area contributed by atoms with Crippen molar-refractivity contribution in [3.05, 3.63) is 41.3 Å². The van der Waals surface area contributed by atoms with E-state index in [1.54, 1.807) is 14.0 Å². The van der Waals surface area contributed by atoms with Crippen molar-refractivity contribution >= 4 is 22.8 Å². The number of nitrogens with one attached hydrogen (secondary N) is 2. The minimum atomic E-state index is -0.181. The van der Waals surface area contributed by atoms with E-state index >= 15 is 0 Å². The van der Waals surface area contributed by atoms with Crippen LogP contribution in [0.4, 0.5) is 5.82 Å². The number of hydrogen-bond donors (Lipinski definition) is 2. The topological polar surface area (TPSA) is 101 Å². The summed E-state index contributed by atoms with van der Waals surface area (Å²) in [5.41, 5.74) is 8.37. The molecule has 0 aliphatic carbocycles. The van der Waals surface area contributed by atoms with Gasteiger partial charge in [-0.15, -0.1) is 0 Å². The summed E-state index contributed by atoms with van der Waals surface area (Å²) in [4.78, 5) is 16.6. The van der Waals surface area contributed by atoms with Crippen LogP contribution in [0.2, 0.25) is 0 Å². The molecule has 8 heteroatoms. The molecule has 0 unspecified atom stereocenters. The molecule has 0 bridgehead atoms. The molecule has 0 fully saturated rings. The maximum Gasteiger partial charge on any atom is 0.240 e. The van der Waals surface area contributed by atoms with Crippen molar-refractivity contribution in [2.75, 3.05) is 5.43 Å². The molecular weight excluding hydrogens is 318 g/mol. The van der Waals surface area contributed by atoms with E-state index in [0.717, 1.165) is 16.9 Å². The third-order valence-electron chi connectivity index (χ3n) is 4.06. The maximum atomic E-state index is 12.2. The van der Waals surface area contributed by atoms with Gasteiger partial charge in [-0.05, 0) is 26.0 Å². The summed E-state index contributed by atoms with van der Waals surface area (Å²) in [6.45, 7) is 4.20. The molecular formula is C17H19N7O. The van der Waals surface area contributed by atoms with Gasteiger partial charge in [0.25, 0.3) is 0 Å². The van der Waals surface area contributed by atoms with E-state index in [1.165, 1.54) is 4.68 Å². The zero-order valence-corrected chi connectivity index (χ0v) is 14.4. The number of carbonyl (C=O) groups excluding carboxylic acids is 1. The molecule has 0 spiro atoms. The van der Waals surface area contributed by atoms with Gasteiger partial charge in [0.05, 0.1) is 16.7 Å². The molecule has 1 amide bonds. The van der Waals surface area contributed by atoms with E-state index in [2.05, 4.69) is 27.0 Å². The molecule has 0 radical (unpaired) electrons. The monoisotopic (exact) mass is 337 g/mol. The van der Waals surface area contributed by atoms with Crippen molar-refractivity contribution in [1.29, 1.82) is 5.26 Å². The molecule has 0 aliphatic heterocycles. The number of hydrogen-bond acceptors (Lipinski definition) is 5. The Morgan fingerprint density at radius 2 is 2.08 bits per heavy atom. The van der Waals surface area contributed by atoms with Gasteiger partial charge in [0.1, 0.15) is 17.5 Å². The Bertz CT molecular complexity index is 977. The Balaban J connectivity index is 1.64. The SMILES string of the molecule is Cc1nn(C)c(NNC(=O)CCn2c(C)nc3ccccc32)c1C#N. The Labute approximate surface area is 145 Å². The van der Waals surface area contributed by atoms with Gasteiger partial charge < -0.3 is 4.57 Å². The molecule has 1 aromatic carbocycles. The van der Waals surface area contributed by atoms with Crippen LogP contribution in [-0.4, -0.2) is 25.2 Å². The number of nitriles is 1. The number of aryl methyl sites for hydroxylation is 4. The third kappa shape index (κ3) is 3.17. The molecule has 0 aliphatic rings. The number of benzene rings is 1. The number of carbonyl (C=O) groups is 1. The van der Waals surface area contributed by atoms with Crippen LogP contribution in [-0.2, 0) is 18.4 Å². The first-order valence-electron chi connectivity index (χ1n) is 7.91. The van der Waals surface area contributed by atoms with Crippen molar-refractivity contribution < 1.29 is 4.79 Å². The highest BCUT2D eigenvalue weighted by molar-refractivity contribution is 5.79. The second-order valence-electron chi connectivity index (χ2n) is 5.77. The van der Waals surface area contributed by atoms with Crippen molar-refractivity contribution in [2.45, 2.75) is 26.8 Å². The van der Waals surface area contributed by atoms with E-state index in [-0.39, 0.29) is 12.3 Å². The van der Waals surface area contributed by atoms with Crippen LogP contribution in [0.15, 0.2) is 24.3 Å². The zero-order chi connectivity index (χ0) is 18.0. The lowest BCUT2D eigenvalue weighted by molar-refractivity contribution is -0.120. The maximum absolute atomic E-state index is 12.2. The van der Waals surface area contributed by atoms with Crippen LogP contribution in [0.3, 0.4) is 0 Å². The molecule has 2 aromatic heterocycles. The Morgan fingerprint density at radius 3 is 2.84 bits per heavy atom. The lowest BCUT2D eigenvalue weighted by Gasteiger charge is -2.10. The number of imidazole rings is 1. The lowest BCUT2D eigenvalue weighted by Crippen LogP contribution is -2.31. The van der Waals surface area contributed by atoms with Crippen LogP contribution in [0.5, 0.6) is 0 Å². The number of fused-ring (bicyclic) bond motifs is 1. The summed E-state index contributed by atoms with van der Waals surface area (Å²) in [7, 11) is 1.71. The first kappa shape index (κ1) is 16.5. The average Bonchev–Trinajstić information content (AvgIpc) is 3.05. The number of aromatic nitrogens is 4. The summed E-state index contributed by atoms with van der Waals surface area (Å²) in [5, 5.41) is 13.3. The fourth-order valence-corrected chi connectivity index (χ4v) is 2.82. The largest absolute Gasteiger partial charge is 0.328 e. The van der Waals surface area contributed by atoms with Gasteiger partial charge in [0.15, 0.2) is 5.82 Å². The summed E-state index contributed by atoms with van der Waals surface area (Å²) in [5.74, 6) is 1.16. The van der Waals surface area contributed by atoms with Gasteiger partial charge in [0.2, 0.25) is 5.91 Å². The Hall–Kier alpha value is -3.34. The summed E-state index contributed by atoms with van der Waals surface area (Å²) < 4.78 is 3.55. The number of nitrogens with zero attached hydrogens (tertiary/aromatic N) is 5. The fourth-order valence-electron chi connectivity index (χ4n) is 2.82. The molecule has 0 saturated heterocycles. The smallest absolute Gasteiger partial charge is 0.240 e. The highest BCUT2D eigenvalue weighted by Crippen LogP contribution is 2.17. The predicted octanol–water partition coefficient (Wildman–Crippen LogP) is 1.79. The molecule has 0 atom stereocenters. The summed E-state index contributed by atoms with van der Waals surface area (Å²) in [6, 6.07) is 9.92. The lowest BCUT2D eigenvalue weighted by atomic mass is 10.3. The molecule has 3 rings (SSSR count). The number of rotatable bonds is 5. The molecule has 25 heavy (non-hydrogen) atoms.